The van der Waals surface area contributed by atoms with Crippen LogP contribution in [0.3, 0.4) is 0 Å². The minimum atomic E-state index is -4.11. The number of rotatable bonds is 5. The van der Waals surface area contributed by atoms with Gasteiger partial charge in [-0.3, -0.25) is 4.90 Å². The molecular formula is C11H20F3NO. The van der Waals surface area contributed by atoms with E-state index >= 15 is 0 Å². The summed E-state index contributed by atoms with van der Waals surface area (Å²) < 4.78 is 42.1. The molecule has 1 fully saturated rings. The molecule has 0 bridgehead atoms. The quantitative estimate of drug-likeness (QED) is 0.731. The predicted octanol–water partition coefficient (Wildman–Crippen LogP) is 2.83. The lowest BCUT2D eigenvalue weighted by Gasteiger charge is -2.34. The molecule has 0 aromatic heterocycles. The van der Waals surface area contributed by atoms with Gasteiger partial charge in [0.15, 0.2) is 0 Å². The van der Waals surface area contributed by atoms with Gasteiger partial charge in [-0.15, -0.1) is 0 Å². The van der Waals surface area contributed by atoms with Crippen molar-refractivity contribution in [1.82, 2.24) is 4.90 Å². The molecule has 16 heavy (non-hydrogen) atoms. The Morgan fingerprint density at radius 1 is 1.19 bits per heavy atom. The lowest BCUT2D eigenvalue weighted by atomic mass is 9.94. The lowest BCUT2D eigenvalue weighted by molar-refractivity contribution is -0.153. The third-order valence-corrected chi connectivity index (χ3v) is 3.06. The van der Waals surface area contributed by atoms with Gasteiger partial charge in [-0.2, -0.15) is 13.2 Å². The Morgan fingerprint density at radius 2 is 1.81 bits per heavy atom. The first-order chi connectivity index (χ1) is 7.53. The maximum atomic E-state index is 12.4. The molecule has 0 aromatic carbocycles. The minimum Gasteiger partial charge on any atom is -0.383 e. The van der Waals surface area contributed by atoms with Crippen LogP contribution in [0, 0.1) is 0 Å². The van der Waals surface area contributed by atoms with E-state index in [1.54, 1.807) is 0 Å². The number of nitrogens with zero attached hydrogens (tertiary/aromatic N) is 1. The second-order valence-corrected chi connectivity index (χ2v) is 4.37. The van der Waals surface area contributed by atoms with Gasteiger partial charge in [-0.25, -0.2) is 0 Å². The monoisotopic (exact) mass is 239 g/mol. The number of alkyl halides is 3. The fraction of sp³-hybridized carbons (Fsp3) is 1.00. The molecule has 0 amide bonds. The first-order valence-electron chi connectivity index (χ1n) is 5.82. The van der Waals surface area contributed by atoms with Crippen molar-refractivity contribution in [3.8, 4) is 0 Å². The van der Waals surface area contributed by atoms with E-state index in [-0.39, 0.29) is 6.04 Å². The SMILES string of the molecule is COCCN(CC(F)(F)F)C1CCCCC1. The third kappa shape index (κ3) is 5.16. The van der Waals surface area contributed by atoms with Crippen molar-refractivity contribution in [2.24, 2.45) is 0 Å². The Morgan fingerprint density at radius 3 is 2.31 bits per heavy atom. The van der Waals surface area contributed by atoms with Gasteiger partial charge < -0.3 is 4.74 Å². The summed E-state index contributed by atoms with van der Waals surface area (Å²) in [6.45, 7) is -0.0612. The van der Waals surface area contributed by atoms with E-state index in [1.165, 1.54) is 12.0 Å². The molecule has 0 heterocycles. The molecule has 0 N–H and O–H groups in total. The molecule has 0 aliphatic heterocycles. The lowest BCUT2D eigenvalue weighted by Crippen LogP contribution is -2.44. The molecule has 1 rings (SSSR count). The summed E-state index contributed by atoms with van der Waals surface area (Å²) in [5.41, 5.74) is 0. The highest BCUT2D eigenvalue weighted by atomic mass is 19.4. The number of hydrogen-bond donors (Lipinski definition) is 0. The molecule has 5 heteroatoms. The standard InChI is InChI=1S/C11H20F3NO/c1-16-8-7-15(9-11(12,13)14)10-5-3-2-4-6-10/h10H,2-9H2,1H3. The van der Waals surface area contributed by atoms with Crippen molar-refractivity contribution in [3.63, 3.8) is 0 Å². The Balaban J connectivity index is 2.47. The molecule has 1 saturated carbocycles. The average molecular weight is 239 g/mol. The van der Waals surface area contributed by atoms with E-state index in [2.05, 4.69) is 0 Å². The molecule has 96 valence electrons. The summed E-state index contributed by atoms with van der Waals surface area (Å²) in [5, 5.41) is 0. The zero-order valence-corrected chi connectivity index (χ0v) is 9.72. The van der Waals surface area contributed by atoms with E-state index in [0.717, 1.165) is 32.1 Å². The van der Waals surface area contributed by atoms with Crippen molar-refractivity contribution < 1.29 is 17.9 Å². The molecule has 1 aliphatic carbocycles. The largest absolute Gasteiger partial charge is 0.401 e. The summed E-state index contributed by atoms with van der Waals surface area (Å²) in [7, 11) is 1.52. The highest BCUT2D eigenvalue weighted by molar-refractivity contribution is 4.77. The molecule has 2 nitrogen and oxygen atoms in total. The van der Waals surface area contributed by atoms with Crippen molar-refractivity contribution in [2.45, 2.75) is 44.3 Å². The van der Waals surface area contributed by atoms with E-state index < -0.39 is 12.7 Å². The van der Waals surface area contributed by atoms with Gasteiger partial charge in [0.2, 0.25) is 0 Å². The van der Waals surface area contributed by atoms with Gasteiger partial charge >= 0.3 is 6.18 Å². The average Bonchev–Trinajstić information content (AvgIpc) is 2.24. The summed E-state index contributed by atoms with van der Waals surface area (Å²) in [6.07, 6.45) is 0.920. The van der Waals surface area contributed by atoms with E-state index in [1.807, 2.05) is 0 Å². The van der Waals surface area contributed by atoms with Gasteiger partial charge in [0.1, 0.15) is 0 Å². The van der Waals surface area contributed by atoms with E-state index in [0.29, 0.717) is 13.2 Å². The number of methoxy groups -OCH3 is 1. The van der Waals surface area contributed by atoms with Crippen molar-refractivity contribution in [2.75, 3.05) is 26.8 Å². The molecule has 0 aromatic rings. The minimum absolute atomic E-state index is 0.0884. The Labute approximate surface area is 94.8 Å². The summed E-state index contributed by atoms with van der Waals surface area (Å²) in [5.74, 6) is 0. The second kappa shape index (κ2) is 6.45. The molecule has 0 atom stereocenters. The van der Waals surface area contributed by atoms with Crippen LogP contribution in [-0.2, 0) is 4.74 Å². The fourth-order valence-corrected chi connectivity index (χ4v) is 2.28. The van der Waals surface area contributed by atoms with Crippen LogP contribution in [0.5, 0.6) is 0 Å². The van der Waals surface area contributed by atoms with Gasteiger partial charge in [0.25, 0.3) is 0 Å². The Hall–Kier alpha value is -0.290. The molecular weight excluding hydrogens is 219 g/mol. The van der Waals surface area contributed by atoms with Crippen LogP contribution >= 0.6 is 0 Å². The predicted molar refractivity (Wildman–Crippen MR) is 56.4 cm³/mol. The first kappa shape index (κ1) is 13.8. The van der Waals surface area contributed by atoms with Gasteiger partial charge in [0, 0.05) is 19.7 Å². The molecule has 1 aliphatic rings. The van der Waals surface area contributed by atoms with Gasteiger partial charge in [-0.1, -0.05) is 19.3 Å². The highest BCUT2D eigenvalue weighted by Gasteiger charge is 2.33. The summed E-state index contributed by atoms with van der Waals surface area (Å²) in [4.78, 5) is 1.53. The van der Waals surface area contributed by atoms with E-state index in [4.69, 9.17) is 4.74 Å². The van der Waals surface area contributed by atoms with Gasteiger partial charge in [0.05, 0.1) is 13.2 Å². The van der Waals surface area contributed by atoms with Gasteiger partial charge in [-0.05, 0) is 12.8 Å². The molecule has 0 unspecified atom stereocenters. The zero-order chi connectivity index (χ0) is 12.0. The Kier molecular flexibility index (Phi) is 5.55. The van der Waals surface area contributed by atoms with Crippen LogP contribution in [0.2, 0.25) is 0 Å². The Bertz CT molecular complexity index is 190. The van der Waals surface area contributed by atoms with Crippen molar-refractivity contribution in [3.05, 3.63) is 0 Å². The summed E-state index contributed by atoms with van der Waals surface area (Å²) in [6, 6.07) is 0.0884. The van der Waals surface area contributed by atoms with Crippen LogP contribution in [0.4, 0.5) is 13.2 Å². The topological polar surface area (TPSA) is 12.5 Å². The van der Waals surface area contributed by atoms with Crippen LogP contribution in [0.15, 0.2) is 0 Å². The smallest absolute Gasteiger partial charge is 0.383 e. The summed E-state index contributed by atoms with van der Waals surface area (Å²) >= 11 is 0. The molecule has 0 radical (unpaired) electrons. The molecule has 0 saturated heterocycles. The van der Waals surface area contributed by atoms with Crippen LogP contribution in [-0.4, -0.2) is 43.9 Å². The zero-order valence-electron chi connectivity index (χ0n) is 9.72. The van der Waals surface area contributed by atoms with Crippen LogP contribution < -0.4 is 0 Å². The third-order valence-electron chi connectivity index (χ3n) is 3.06. The fourth-order valence-electron chi connectivity index (χ4n) is 2.28. The van der Waals surface area contributed by atoms with E-state index in [9.17, 15) is 13.2 Å². The first-order valence-corrected chi connectivity index (χ1v) is 5.82. The maximum absolute atomic E-state index is 12.4. The van der Waals surface area contributed by atoms with Crippen LogP contribution in [0.1, 0.15) is 32.1 Å². The van der Waals surface area contributed by atoms with Crippen molar-refractivity contribution in [1.29, 1.82) is 0 Å². The number of ether oxygens (including phenoxy) is 1. The highest BCUT2D eigenvalue weighted by Crippen LogP contribution is 2.25. The number of halogens is 3. The second-order valence-electron chi connectivity index (χ2n) is 4.37. The number of hydrogen-bond acceptors (Lipinski definition) is 2. The normalized spacial score (nSPS) is 19.3. The van der Waals surface area contributed by atoms with Crippen LogP contribution in [0.25, 0.3) is 0 Å². The maximum Gasteiger partial charge on any atom is 0.401 e. The van der Waals surface area contributed by atoms with Crippen molar-refractivity contribution >= 4 is 0 Å². The molecule has 0 spiro atoms.